The Hall–Kier alpha value is -2.49. The SMILES string of the molecule is COc1ccc(CC(C)C(=O)NCCc2ccccc2)cc1OC. The van der Waals surface area contributed by atoms with Gasteiger partial charge in [-0.05, 0) is 36.1 Å². The van der Waals surface area contributed by atoms with Gasteiger partial charge in [-0.2, -0.15) is 0 Å². The van der Waals surface area contributed by atoms with Gasteiger partial charge in [0.1, 0.15) is 0 Å². The van der Waals surface area contributed by atoms with E-state index in [1.54, 1.807) is 14.2 Å². The quantitative estimate of drug-likeness (QED) is 0.810. The van der Waals surface area contributed by atoms with Crippen molar-refractivity contribution in [3.63, 3.8) is 0 Å². The molecular formula is C20H25NO3. The molecule has 2 rings (SSSR count). The molecule has 0 spiro atoms. The number of amides is 1. The molecule has 2 aromatic rings. The smallest absolute Gasteiger partial charge is 0.223 e. The maximum atomic E-state index is 12.2. The minimum atomic E-state index is -0.0983. The second-order valence-electron chi connectivity index (χ2n) is 5.82. The molecule has 128 valence electrons. The van der Waals surface area contributed by atoms with E-state index in [1.807, 2.05) is 43.3 Å². The molecule has 0 aliphatic heterocycles. The van der Waals surface area contributed by atoms with Crippen LogP contribution in [0.3, 0.4) is 0 Å². The van der Waals surface area contributed by atoms with Gasteiger partial charge in [0.05, 0.1) is 14.2 Å². The van der Waals surface area contributed by atoms with E-state index in [2.05, 4.69) is 17.4 Å². The molecule has 0 aliphatic rings. The molecule has 1 N–H and O–H groups in total. The van der Waals surface area contributed by atoms with Crippen LogP contribution in [-0.2, 0) is 17.6 Å². The van der Waals surface area contributed by atoms with Gasteiger partial charge in [-0.25, -0.2) is 0 Å². The molecule has 0 aromatic heterocycles. The topological polar surface area (TPSA) is 47.6 Å². The van der Waals surface area contributed by atoms with Gasteiger partial charge < -0.3 is 14.8 Å². The van der Waals surface area contributed by atoms with Crippen molar-refractivity contribution in [1.29, 1.82) is 0 Å². The fraction of sp³-hybridized carbons (Fsp3) is 0.350. The molecule has 2 aromatic carbocycles. The van der Waals surface area contributed by atoms with Crippen molar-refractivity contribution in [1.82, 2.24) is 5.32 Å². The predicted octanol–water partition coefficient (Wildman–Crippen LogP) is 3.24. The number of benzene rings is 2. The number of methoxy groups -OCH3 is 2. The van der Waals surface area contributed by atoms with Gasteiger partial charge in [0.2, 0.25) is 5.91 Å². The van der Waals surface area contributed by atoms with E-state index in [4.69, 9.17) is 9.47 Å². The normalized spacial score (nSPS) is 11.6. The fourth-order valence-corrected chi connectivity index (χ4v) is 2.60. The number of nitrogens with one attached hydrogen (secondary N) is 1. The molecule has 0 aliphatic carbocycles. The van der Waals surface area contributed by atoms with Gasteiger partial charge in [0.15, 0.2) is 11.5 Å². The van der Waals surface area contributed by atoms with Crippen LogP contribution in [-0.4, -0.2) is 26.7 Å². The Kier molecular flexibility index (Phi) is 6.67. The first kappa shape index (κ1) is 17.9. The number of hydrogen-bond acceptors (Lipinski definition) is 3. The summed E-state index contributed by atoms with van der Waals surface area (Å²) in [5, 5.41) is 3.01. The number of carbonyl (C=O) groups is 1. The van der Waals surface area contributed by atoms with E-state index in [0.29, 0.717) is 24.5 Å². The third-order valence-corrected chi connectivity index (χ3v) is 3.99. The van der Waals surface area contributed by atoms with E-state index < -0.39 is 0 Å². The highest BCUT2D eigenvalue weighted by Gasteiger charge is 2.14. The maximum Gasteiger partial charge on any atom is 0.223 e. The van der Waals surface area contributed by atoms with Crippen LogP contribution in [0.4, 0.5) is 0 Å². The van der Waals surface area contributed by atoms with Crippen LogP contribution in [0.1, 0.15) is 18.1 Å². The highest BCUT2D eigenvalue weighted by atomic mass is 16.5. The van der Waals surface area contributed by atoms with Crippen LogP contribution in [0.25, 0.3) is 0 Å². The Bertz CT molecular complexity index is 655. The summed E-state index contributed by atoms with van der Waals surface area (Å²) >= 11 is 0. The summed E-state index contributed by atoms with van der Waals surface area (Å²) in [5.41, 5.74) is 2.28. The Labute approximate surface area is 143 Å². The third kappa shape index (κ3) is 5.01. The summed E-state index contributed by atoms with van der Waals surface area (Å²) in [4.78, 5) is 12.2. The molecule has 1 unspecified atom stereocenters. The van der Waals surface area contributed by atoms with Gasteiger partial charge in [0.25, 0.3) is 0 Å². The summed E-state index contributed by atoms with van der Waals surface area (Å²) in [6.07, 6.45) is 1.51. The highest BCUT2D eigenvalue weighted by molar-refractivity contribution is 5.78. The summed E-state index contributed by atoms with van der Waals surface area (Å²) in [5.74, 6) is 1.35. The van der Waals surface area contributed by atoms with Crippen molar-refractivity contribution in [2.75, 3.05) is 20.8 Å². The second-order valence-corrected chi connectivity index (χ2v) is 5.82. The number of ether oxygens (including phenoxy) is 2. The molecule has 1 amide bonds. The van der Waals surface area contributed by atoms with Crippen LogP contribution in [0.15, 0.2) is 48.5 Å². The number of carbonyl (C=O) groups excluding carboxylic acids is 1. The molecule has 0 saturated heterocycles. The van der Waals surface area contributed by atoms with Crippen LogP contribution >= 0.6 is 0 Å². The van der Waals surface area contributed by atoms with Crippen molar-refractivity contribution in [2.45, 2.75) is 19.8 Å². The summed E-state index contributed by atoms with van der Waals surface area (Å²) in [6.45, 7) is 2.59. The molecule has 0 heterocycles. The van der Waals surface area contributed by atoms with Crippen LogP contribution in [0.5, 0.6) is 11.5 Å². The lowest BCUT2D eigenvalue weighted by molar-refractivity contribution is -0.124. The van der Waals surface area contributed by atoms with Crippen LogP contribution in [0.2, 0.25) is 0 Å². The molecule has 0 fully saturated rings. The summed E-state index contributed by atoms with van der Waals surface area (Å²) in [6, 6.07) is 15.9. The zero-order valence-electron chi connectivity index (χ0n) is 14.5. The Balaban J connectivity index is 1.85. The Morgan fingerprint density at radius 3 is 2.38 bits per heavy atom. The first-order valence-electron chi connectivity index (χ1n) is 8.16. The Morgan fingerprint density at radius 2 is 1.71 bits per heavy atom. The minimum absolute atomic E-state index is 0.0701. The van der Waals surface area contributed by atoms with Crippen molar-refractivity contribution in [2.24, 2.45) is 5.92 Å². The average Bonchev–Trinajstić information content (AvgIpc) is 2.62. The lowest BCUT2D eigenvalue weighted by Crippen LogP contribution is -2.31. The van der Waals surface area contributed by atoms with Crippen LogP contribution < -0.4 is 14.8 Å². The van der Waals surface area contributed by atoms with Crippen molar-refractivity contribution >= 4 is 5.91 Å². The molecule has 24 heavy (non-hydrogen) atoms. The first-order valence-corrected chi connectivity index (χ1v) is 8.16. The van der Waals surface area contributed by atoms with Crippen molar-refractivity contribution in [3.8, 4) is 11.5 Å². The van der Waals surface area contributed by atoms with Crippen molar-refractivity contribution < 1.29 is 14.3 Å². The van der Waals surface area contributed by atoms with E-state index in [0.717, 1.165) is 12.0 Å². The van der Waals surface area contributed by atoms with Gasteiger partial charge in [-0.3, -0.25) is 4.79 Å². The maximum absolute atomic E-state index is 12.2. The molecule has 4 heteroatoms. The fourth-order valence-electron chi connectivity index (χ4n) is 2.60. The lowest BCUT2D eigenvalue weighted by Gasteiger charge is -2.14. The van der Waals surface area contributed by atoms with Gasteiger partial charge in [-0.15, -0.1) is 0 Å². The third-order valence-electron chi connectivity index (χ3n) is 3.99. The molecule has 0 radical (unpaired) electrons. The Morgan fingerprint density at radius 1 is 1.00 bits per heavy atom. The molecule has 4 nitrogen and oxygen atoms in total. The lowest BCUT2D eigenvalue weighted by atomic mass is 10.00. The molecule has 1 atom stereocenters. The highest BCUT2D eigenvalue weighted by Crippen LogP contribution is 2.28. The van der Waals surface area contributed by atoms with E-state index in [9.17, 15) is 4.79 Å². The number of rotatable bonds is 8. The first-order chi connectivity index (χ1) is 11.6. The number of hydrogen-bond donors (Lipinski definition) is 1. The minimum Gasteiger partial charge on any atom is -0.493 e. The van der Waals surface area contributed by atoms with Crippen LogP contribution in [0, 0.1) is 5.92 Å². The van der Waals surface area contributed by atoms with E-state index in [1.165, 1.54) is 5.56 Å². The molecule has 0 bridgehead atoms. The zero-order chi connectivity index (χ0) is 17.4. The van der Waals surface area contributed by atoms with E-state index in [-0.39, 0.29) is 11.8 Å². The largest absolute Gasteiger partial charge is 0.493 e. The van der Waals surface area contributed by atoms with Gasteiger partial charge in [0, 0.05) is 12.5 Å². The second kappa shape index (κ2) is 8.96. The molecule has 0 saturated carbocycles. The molecular weight excluding hydrogens is 302 g/mol. The van der Waals surface area contributed by atoms with Crippen molar-refractivity contribution in [3.05, 3.63) is 59.7 Å². The average molecular weight is 327 g/mol. The van der Waals surface area contributed by atoms with Gasteiger partial charge in [-0.1, -0.05) is 43.3 Å². The van der Waals surface area contributed by atoms with Gasteiger partial charge >= 0.3 is 0 Å². The van der Waals surface area contributed by atoms with E-state index >= 15 is 0 Å². The zero-order valence-corrected chi connectivity index (χ0v) is 14.5. The summed E-state index contributed by atoms with van der Waals surface area (Å²) in [7, 11) is 3.22. The standard InChI is InChI=1S/C20H25NO3/c1-15(13-17-9-10-18(23-2)19(14-17)24-3)20(22)21-12-11-16-7-5-4-6-8-16/h4-10,14-15H,11-13H2,1-3H3,(H,21,22). The predicted molar refractivity (Wildman–Crippen MR) is 95.6 cm³/mol. The summed E-state index contributed by atoms with van der Waals surface area (Å²) < 4.78 is 10.5. The monoisotopic (exact) mass is 327 g/mol.